The van der Waals surface area contributed by atoms with Crippen molar-refractivity contribution in [1.82, 2.24) is 4.90 Å². The van der Waals surface area contributed by atoms with Crippen molar-refractivity contribution in [2.24, 2.45) is 0 Å². The second-order valence-electron chi connectivity index (χ2n) is 5.35. The molecule has 0 radical (unpaired) electrons. The maximum absolute atomic E-state index is 12.5. The van der Waals surface area contributed by atoms with E-state index in [4.69, 9.17) is 26.8 Å². The highest BCUT2D eigenvalue weighted by molar-refractivity contribution is 8.26. The molecule has 0 bridgehead atoms. The van der Waals surface area contributed by atoms with Crippen LogP contribution in [0.1, 0.15) is 18.4 Å². The minimum atomic E-state index is -0.961. The number of thiocarbonyl (C=S) groups is 1. The second kappa shape index (κ2) is 8.82. The summed E-state index contributed by atoms with van der Waals surface area (Å²) in [6.45, 7) is 0.169. The number of nitrogens with zero attached hydrogens (tertiary/aromatic N) is 2. The summed E-state index contributed by atoms with van der Waals surface area (Å²) in [6, 6.07) is 2.63. The van der Waals surface area contributed by atoms with Gasteiger partial charge in [-0.2, -0.15) is 0 Å². The van der Waals surface area contributed by atoms with Crippen LogP contribution in [0.5, 0.6) is 11.5 Å². The number of nitro benzene ring substituents is 1. The van der Waals surface area contributed by atoms with Crippen LogP contribution in [-0.4, -0.2) is 51.9 Å². The molecule has 1 fully saturated rings. The van der Waals surface area contributed by atoms with Gasteiger partial charge in [-0.25, -0.2) is 0 Å². The Balaban J connectivity index is 2.35. The number of thioether (sulfide) groups is 1. The van der Waals surface area contributed by atoms with E-state index in [1.807, 2.05) is 0 Å². The average molecular weight is 412 g/mol. The number of amides is 1. The quantitative estimate of drug-likeness (QED) is 0.297. The summed E-state index contributed by atoms with van der Waals surface area (Å²) in [5.41, 5.74) is -0.0764. The monoisotopic (exact) mass is 412 g/mol. The molecule has 1 saturated heterocycles. The van der Waals surface area contributed by atoms with E-state index in [9.17, 15) is 19.7 Å². The molecule has 144 valence electrons. The summed E-state index contributed by atoms with van der Waals surface area (Å²) >= 11 is 6.17. The van der Waals surface area contributed by atoms with Crippen LogP contribution in [-0.2, 0) is 9.59 Å². The third-order valence-corrected chi connectivity index (χ3v) is 5.04. The number of nitro groups is 1. The molecule has 1 aliphatic rings. The van der Waals surface area contributed by atoms with E-state index < -0.39 is 16.8 Å². The van der Waals surface area contributed by atoms with Crippen molar-refractivity contribution in [2.45, 2.75) is 12.8 Å². The number of benzene rings is 1. The number of aliphatic carboxylic acids is 1. The predicted molar refractivity (Wildman–Crippen MR) is 103 cm³/mol. The van der Waals surface area contributed by atoms with Gasteiger partial charge >= 0.3 is 5.97 Å². The fraction of sp³-hybridized carbons (Fsp3) is 0.312. The summed E-state index contributed by atoms with van der Waals surface area (Å²) in [5, 5.41) is 20.1. The van der Waals surface area contributed by atoms with Crippen LogP contribution >= 0.6 is 24.0 Å². The first-order valence-electron chi connectivity index (χ1n) is 7.66. The molecule has 1 N–H and O–H groups in total. The Morgan fingerprint density at radius 3 is 2.56 bits per heavy atom. The fourth-order valence-electron chi connectivity index (χ4n) is 2.38. The van der Waals surface area contributed by atoms with Gasteiger partial charge in [0.2, 0.25) is 0 Å². The molecule has 1 aromatic carbocycles. The van der Waals surface area contributed by atoms with E-state index in [-0.39, 0.29) is 51.4 Å². The zero-order chi connectivity index (χ0) is 20.1. The second-order valence-corrected chi connectivity index (χ2v) is 7.03. The first-order chi connectivity index (χ1) is 12.8. The third kappa shape index (κ3) is 4.74. The molecule has 0 atom stereocenters. The van der Waals surface area contributed by atoms with Gasteiger partial charge in [-0.3, -0.25) is 24.6 Å². The standard InChI is InChI=1S/C16H16N2O7S2/c1-24-11-6-9(10(18(22)23)8-12(11)25-2)7-13-15(21)17(16(26)27-13)5-3-4-14(19)20/h6-8H,3-5H2,1-2H3,(H,19,20). The summed E-state index contributed by atoms with van der Waals surface area (Å²) in [7, 11) is 2.76. The topological polar surface area (TPSA) is 119 Å². The van der Waals surface area contributed by atoms with Crippen LogP contribution in [0.4, 0.5) is 5.69 Å². The Kier molecular flexibility index (Phi) is 6.75. The van der Waals surface area contributed by atoms with Crippen LogP contribution in [0, 0.1) is 10.1 Å². The van der Waals surface area contributed by atoms with E-state index in [2.05, 4.69) is 0 Å². The molecule has 1 heterocycles. The van der Waals surface area contributed by atoms with Crippen molar-refractivity contribution in [3.8, 4) is 11.5 Å². The van der Waals surface area contributed by atoms with Crippen LogP contribution in [0.3, 0.4) is 0 Å². The fourth-order valence-corrected chi connectivity index (χ4v) is 3.68. The molecule has 0 saturated carbocycles. The van der Waals surface area contributed by atoms with E-state index in [1.165, 1.54) is 37.3 Å². The van der Waals surface area contributed by atoms with E-state index in [0.29, 0.717) is 0 Å². The molecular formula is C16H16N2O7S2. The Bertz CT molecular complexity index is 838. The lowest BCUT2D eigenvalue weighted by atomic mass is 10.1. The maximum Gasteiger partial charge on any atom is 0.303 e. The third-order valence-electron chi connectivity index (χ3n) is 3.66. The van der Waals surface area contributed by atoms with Crippen molar-refractivity contribution >= 4 is 51.9 Å². The van der Waals surface area contributed by atoms with Gasteiger partial charge in [0.05, 0.1) is 35.7 Å². The molecule has 1 amide bonds. The number of hydrogen-bond donors (Lipinski definition) is 1. The Morgan fingerprint density at radius 1 is 1.37 bits per heavy atom. The minimum Gasteiger partial charge on any atom is -0.493 e. The van der Waals surface area contributed by atoms with Gasteiger partial charge in [0.15, 0.2) is 11.5 Å². The Hall–Kier alpha value is -2.66. The SMILES string of the molecule is COc1cc(C=C2SC(=S)N(CCCC(=O)O)C2=O)c([N+](=O)[O-])cc1OC. The molecule has 9 nitrogen and oxygen atoms in total. The molecule has 11 heteroatoms. The van der Waals surface area contributed by atoms with Crippen LogP contribution in [0.25, 0.3) is 6.08 Å². The van der Waals surface area contributed by atoms with E-state index in [1.54, 1.807) is 0 Å². The summed E-state index contributed by atoms with van der Waals surface area (Å²) in [4.78, 5) is 35.4. The maximum atomic E-state index is 12.5. The zero-order valence-corrected chi connectivity index (χ0v) is 16.1. The molecule has 0 unspecified atom stereocenters. The van der Waals surface area contributed by atoms with Crippen molar-refractivity contribution in [3.63, 3.8) is 0 Å². The highest BCUT2D eigenvalue weighted by Crippen LogP contribution is 2.38. The lowest BCUT2D eigenvalue weighted by Gasteiger charge is -2.13. The normalized spacial score (nSPS) is 15.3. The zero-order valence-electron chi connectivity index (χ0n) is 14.5. The smallest absolute Gasteiger partial charge is 0.303 e. The van der Waals surface area contributed by atoms with Crippen molar-refractivity contribution < 1.29 is 29.1 Å². The first-order valence-corrected chi connectivity index (χ1v) is 8.88. The highest BCUT2D eigenvalue weighted by Gasteiger charge is 2.32. The lowest BCUT2D eigenvalue weighted by molar-refractivity contribution is -0.385. The Labute approximate surface area is 164 Å². The van der Waals surface area contributed by atoms with E-state index >= 15 is 0 Å². The number of rotatable bonds is 8. The number of hydrogen-bond acceptors (Lipinski definition) is 8. The number of ether oxygens (including phenoxy) is 2. The van der Waals surface area contributed by atoms with Gasteiger partial charge in [-0.05, 0) is 18.6 Å². The number of carbonyl (C=O) groups is 2. The first kappa shape index (κ1) is 20.6. The van der Waals surface area contributed by atoms with Crippen molar-refractivity contribution in [3.05, 3.63) is 32.7 Å². The molecular weight excluding hydrogens is 396 g/mol. The van der Waals surface area contributed by atoms with Gasteiger partial charge in [0, 0.05) is 13.0 Å². The van der Waals surface area contributed by atoms with Gasteiger partial charge in [0.1, 0.15) is 4.32 Å². The van der Waals surface area contributed by atoms with Crippen LogP contribution in [0.2, 0.25) is 0 Å². The number of carboxylic acids is 1. The average Bonchev–Trinajstić information content (AvgIpc) is 2.88. The van der Waals surface area contributed by atoms with E-state index in [0.717, 1.165) is 11.8 Å². The molecule has 0 spiro atoms. The molecule has 1 aromatic rings. The Morgan fingerprint density at radius 2 is 2.00 bits per heavy atom. The molecule has 0 aromatic heterocycles. The minimum absolute atomic E-state index is 0.0861. The summed E-state index contributed by atoms with van der Waals surface area (Å²) in [5.74, 6) is -0.898. The number of carboxylic acid groups (broad SMARTS) is 1. The molecule has 27 heavy (non-hydrogen) atoms. The van der Waals surface area contributed by atoms with Crippen molar-refractivity contribution in [1.29, 1.82) is 0 Å². The van der Waals surface area contributed by atoms with Gasteiger partial charge in [-0.1, -0.05) is 24.0 Å². The van der Waals surface area contributed by atoms with Gasteiger partial charge in [0.25, 0.3) is 11.6 Å². The summed E-state index contributed by atoms with van der Waals surface area (Å²) in [6.07, 6.45) is 1.54. The lowest BCUT2D eigenvalue weighted by Crippen LogP contribution is -2.29. The predicted octanol–water partition coefficient (Wildman–Crippen LogP) is 2.68. The van der Waals surface area contributed by atoms with Gasteiger partial charge < -0.3 is 14.6 Å². The van der Waals surface area contributed by atoms with Crippen LogP contribution < -0.4 is 9.47 Å². The summed E-state index contributed by atoms with van der Waals surface area (Å²) < 4.78 is 10.5. The highest BCUT2D eigenvalue weighted by atomic mass is 32.2. The number of carbonyl (C=O) groups excluding carboxylic acids is 1. The van der Waals surface area contributed by atoms with Gasteiger partial charge in [-0.15, -0.1) is 0 Å². The molecule has 2 rings (SSSR count). The van der Waals surface area contributed by atoms with Crippen molar-refractivity contribution in [2.75, 3.05) is 20.8 Å². The molecule has 1 aliphatic heterocycles. The molecule has 0 aliphatic carbocycles. The number of methoxy groups -OCH3 is 2. The van der Waals surface area contributed by atoms with Crippen LogP contribution in [0.15, 0.2) is 17.0 Å². The largest absolute Gasteiger partial charge is 0.493 e.